The zero-order valence-corrected chi connectivity index (χ0v) is 24.0. The predicted molar refractivity (Wildman–Crippen MR) is 152 cm³/mol. The molecule has 2 N–H and O–H groups in total. The number of carbonyl (C=O) groups excluding carboxylic acids is 1. The van der Waals surface area contributed by atoms with E-state index in [0.717, 1.165) is 18.5 Å². The van der Waals surface area contributed by atoms with Crippen molar-refractivity contribution in [3.8, 4) is 17.0 Å². The van der Waals surface area contributed by atoms with Gasteiger partial charge in [0.15, 0.2) is 14.9 Å². The minimum atomic E-state index is -3.62. The number of amides is 1. The number of nitrogens with zero attached hydrogens (tertiary/aromatic N) is 4. The van der Waals surface area contributed by atoms with Crippen LogP contribution in [0.1, 0.15) is 20.8 Å². The third kappa shape index (κ3) is 7.64. The lowest BCUT2D eigenvalue weighted by Gasteiger charge is -2.34. The first kappa shape index (κ1) is 29.2. The van der Waals surface area contributed by atoms with Gasteiger partial charge in [0, 0.05) is 63.3 Å². The van der Waals surface area contributed by atoms with Gasteiger partial charge in [-0.25, -0.2) is 18.4 Å². The molecule has 3 aromatic rings. The standard InChI is InChI=1S/C27H34N6O6S/c1-17(2)39-20-10-26(32-27(11-20)40(5,35)36)31-24-12-25(30-18(3)34)29-14-22(24)23-7-6-19(13-28-23)33-8-9-38-21(15-33)16-37-4/h6-7,10-14,17,21H,8-9,15-16H2,1-5H3,(H2,29,30,31,32,34). The first-order chi connectivity index (χ1) is 19.0. The second-order valence-electron chi connectivity index (χ2n) is 9.68. The number of methoxy groups -OCH3 is 1. The van der Waals surface area contributed by atoms with Gasteiger partial charge < -0.3 is 29.7 Å². The molecule has 0 spiro atoms. The molecule has 0 aliphatic carbocycles. The van der Waals surface area contributed by atoms with E-state index < -0.39 is 9.84 Å². The summed E-state index contributed by atoms with van der Waals surface area (Å²) in [4.78, 5) is 27.2. The van der Waals surface area contributed by atoms with E-state index in [9.17, 15) is 13.2 Å². The molecular formula is C27H34N6O6S. The molecule has 1 aliphatic heterocycles. The van der Waals surface area contributed by atoms with Crippen molar-refractivity contribution in [3.05, 3.63) is 42.7 Å². The molecule has 1 fully saturated rings. The summed E-state index contributed by atoms with van der Waals surface area (Å²) >= 11 is 0. The van der Waals surface area contributed by atoms with Gasteiger partial charge in [-0.15, -0.1) is 0 Å². The lowest BCUT2D eigenvalue weighted by atomic mass is 10.1. The van der Waals surface area contributed by atoms with Gasteiger partial charge in [0.1, 0.15) is 17.4 Å². The Kier molecular flexibility index (Phi) is 9.17. The van der Waals surface area contributed by atoms with Crippen molar-refractivity contribution in [1.29, 1.82) is 0 Å². The maximum atomic E-state index is 12.3. The zero-order valence-electron chi connectivity index (χ0n) is 23.2. The summed E-state index contributed by atoms with van der Waals surface area (Å²) in [5, 5.41) is 5.72. The molecule has 214 valence electrons. The number of rotatable bonds is 10. The average molecular weight is 571 g/mol. The molecule has 13 heteroatoms. The molecule has 4 heterocycles. The third-order valence-electron chi connectivity index (χ3n) is 5.88. The van der Waals surface area contributed by atoms with Crippen LogP contribution in [-0.4, -0.2) is 81.2 Å². The van der Waals surface area contributed by atoms with Crippen LogP contribution in [0.3, 0.4) is 0 Å². The molecule has 12 nitrogen and oxygen atoms in total. The van der Waals surface area contributed by atoms with E-state index in [1.54, 1.807) is 31.6 Å². The second-order valence-corrected chi connectivity index (χ2v) is 11.6. The van der Waals surface area contributed by atoms with Crippen LogP contribution in [0.2, 0.25) is 0 Å². The highest BCUT2D eigenvalue weighted by Gasteiger charge is 2.21. The van der Waals surface area contributed by atoms with Crippen LogP contribution in [0.25, 0.3) is 11.3 Å². The van der Waals surface area contributed by atoms with Crippen molar-refractivity contribution in [3.63, 3.8) is 0 Å². The van der Waals surface area contributed by atoms with E-state index in [-0.39, 0.29) is 29.0 Å². The Bertz CT molecular complexity index is 1450. The van der Waals surface area contributed by atoms with Gasteiger partial charge in [-0.05, 0) is 26.0 Å². The van der Waals surface area contributed by atoms with Gasteiger partial charge in [0.25, 0.3) is 0 Å². The number of carbonyl (C=O) groups is 1. The van der Waals surface area contributed by atoms with Gasteiger partial charge in [-0.3, -0.25) is 9.78 Å². The lowest BCUT2D eigenvalue weighted by Crippen LogP contribution is -2.44. The number of sulfone groups is 1. The van der Waals surface area contributed by atoms with E-state index in [4.69, 9.17) is 14.2 Å². The highest BCUT2D eigenvalue weighted by Crippen LogP contribution is 2.33. The summed E-state index contributed by atoms with van der Waals surface area (Å²) in [6.07, 6.45) is 4.27. The Morgan fingerprint density at radius 2 is 1.98 bits per heavy atom. The predicted octanol–water partition coefficient (Wildman–Crippen LogP) is 3.28. The topological polar surface area (TPSA) is 145 Å². The Hall–Kier alpha value is -3.81. The van der Waals surface area contributed by atoms with Gasteiger partial charge in [-0.1, -0.05) is 0 Å². The minimum absolute atomic E-state index is 0.0143. The number of nitrogens with one attached hydrogen (secondary N) is 2. The van der Waals surface area contributed by atoms with Crippen molar-refractivity contribution < 1.29 is 27.4 Å². The molecule has 0 radical (unpaired) electrons. The molecule has 1 aliphatic rings. The first-order valence-electron chi connectivity index (χ1n) is 12.8. The summed E-state index contributed by atoms with van der Waals surface area (Å²) in [7, 11) is -1.97. The molecule has 0 bridgehead atoms. The molecule has 0 saturated carbocycles. The molecule has 1 atom stereocenters. The molecule has 0 aromatic carbocycles. The number of hydrogen-bond acceptors (Lipinski definition) is 11. The van der Waals surface area contributed by atoms with Crippen molar-refractivity contribution in [2.75, 3.05) is 55.2 Å². The van der Waals surface area contributed by atoms with E-state index in [1.807, 2.05) is 26.0 Å². The van der Waals surface area contributed by atoms with Crippen LogP contribution in [0.4, 0.5) is 23.0 Å². The Labute approximate surface area is 234 Å². The molecule has 3 aromatic heterocycles. The van der Waals surface area contributed by atoms with Gasteiger partial charge in [0.05, 0.1) is 48.7 Å². The van der Waals surface area contributed by atoms with Crippen LogP contribution < -0.4 is 20.3 Å². The van der Waals surface area contributed by atoms with Crippen LogP contribution in [-0.2, 0) is 24.1 Å². The van der Waals surface area contributed by atoms with Crippen LogP contribution >= 0.6 is 0 Å². The zero-order chi connectivity index (χ0) is 28.9. The molecule has 1 unspecified atom stereocenters. The fourth-order valence-electron chi connectivity index (χ4n) is 4.20. The summed E-state index contributed by atoms with van der Waals surface area (Å²) in [5.74, 6) is 0.626. The normalized spacial score (nSPS) is 15.7. The SMILES string of the molecule is COCC1CN(c2ccc(-c3cnc(NC(C)=O)cc3Nc3cc(OC(C)C)cc(S(C)(=O)=O)n3)nc2)CCO1. The highest BCUT2D eigenvalue weighted by molar-refractivity contribution is 7.90. The molecule has 1 amide bonds. The Balaban J connectivity index is 1.69. The summed E-state index contributed by atoms with van der Waals surface area (Å²) in [6.45, 7) is 7.62. The largest absolute Gasteiger partial charge is 0.491 e. The van der Waals surface area contributed by atoms with Gasteiger partial charge >= 0.3 is 0 Å². The fraction of sp³-hybridized carbons (Fsp3) is 0.407. The molecule has 40 heavy (non-hydrogen) atoms. The summed E-state index contributed by atoms with van der Waals surface area (Å²) in [6, 6.07) is 8.49. The Morgan fingerprint density at radius 3 is 2.62 bits per heavy atom. The number of anilines is 4. The number of morpholine rings is 1. The number of hydrogen-bond donors (Lipinski definition) is 2. The second kappa shape index (κ2) is 12.6. The lowest BCUT2D eigenvalue weighted by molar-refractivity contribution is -0.114. The molecule has 4 rings (SSSR count). The third-order valence-corrected chi connectivity index (χ3v) is 6.85. The maximum Gasteiger partial charge on any atom is 0.222 e. The number of pyridine rings is 3. The molecular weight excluding hydrogens is 536 g/mol. The average Bonchev–Trinajstić information content (AvgIpc) is 2.88. The van der Waals surface area contributed by atoms with Crippen LogP contribution in [0, 0.1) is 0 Å². The minimum Gasteiger partial charge on any atom is -0.491 e. The fourth-order valence-corrected chi connectivity index (χ4v) is 4.79. The highest BCUT2D eigenvalue weighted by atomic mass is 32.2. The van der Waals surface area contributed by atoms with Crippen molar-refractivity contribution in [2.45, 2.75) is 38.0 Å². The van der Waals surface area contributed by atoms with E-state index in [0.29, 0.717) is 48.3 Å². The van der Waals surface area contributed by atoms with Crippen LogP contribution in [0.5, 0.6) is 5.75 Å². The first-order valence-corrected chi connectivity index (χ1v) is 14.7. The van der Waals surface area contributed by atoms with Crippen molar-refractivity contribution in [2.24, 2.45) is 0 Å². The number of aromatic nitrogens is 3. The monoisotopic (exact) mass is 570 g/mol. The summed E-state index contributed by atoms with van der Waals surface area (Å²) < 4.78 is 41.4. The van der Waals surface area contributed by atoms with Crippen LogP contribution in [0.15, 0.2) is 47.8 Å². The van der Waals surface area contributed by atoms with Crippen molar-refractivity contribution >= 4 is 38.8 Å². The quantitative estimate of drug-likeness (QED) is 0.370. The summed E-state index contributed by atoms with van der Waals surface area (Å²) in [5.41, 5.74) is 2.70. The van der Waals surface area contributed by atoms with Gasteiger partial charge in [0.2, 0.25) is 5.91 Å². The van der Waals surface area contributed by atoms with E-state index >= 15 is 0 Å². The van der Waals surface area contributed by atoms with E-state index in [2.05, 4.69) is 30.5 Å². The Morgan fingerprint density at radius 1 is 1.18 bits per heavy atom. The molecule has 1 saturated heterocycles. The van der Waals surface area contributed by atoms with Crippen molar-refractivity contribution in [1.82, 2.24) is 15.0 Å². The maximum absolute atomic E-state index is 12.3. The number of ether oxygens (including phenoxy) is 3. The van der Waals surface area contributed by atoms with Gasteiger partial charge in [-0.2, -0.15) is 0 Å². The van der Waals surface area contributed by atoms with E-state index in [1.165, 1.54) is 13.0 Å². The smallest absolute Gasteiger partial charge is 0.222 e.